The molecule has 1 aromatic heterocycles. The van der Waals surface area contributed by atoms with Gasteiger partial charge in [0.05, 0.1) is 29.6 Å². The highest BCUT2D eigenvalue weighted by Crippen LogP contribution is 2.40. The summed E-state index contributed by atoms with van der Waals surface area (Å²) in [7, 11) is 1.76. The van der Waals surface area contributed by atoms with Crippen molar-refractivity contribution in [2.75, 3.05) is 20.3 Å². The van der Waals surface area contributed by atoms with Gasteiger partial charge in [-0.25, -0.2) is 0 Å². The van der Waals surface area contributed by atoms with Crippen molar-refractivity contribution in [3.63, 3.8) is 0 Å². The van der Waals surface area contributed by atoms with Crippen LogP contribution in [0.25, 0.3) is 5.70 Å². The van der Waals surface area contributed by atoms with Crippen LogP contribution >= 0.6 is 0 Å². The Hall–Kier alpha value is -2.70. The maximum absolute atomic E-state index is 5.74. The van der Waals surface area contributed by atoms with Crippen molar-refractivity contribution in [1.29, 1.82) is 0 Å². The molecule has 6 nitrogen and oxygen atoms in total. The topological polar surface area (TPSA) is 56.7 Å². The number of hydroxylamine groups is 1. The summed E-state index contributed by atoms with van der Waals surface area (Å²) in [5, 5.41) is 3.83. The number of nitrogens with one attached hydrogen (secondary N) is 2. The van der Waals surface area contributed by atoms with E-state index in [4.69, 9.17) is 14.3 Å². The molecule has 30 heavy (non-hydrogen) atoms. The largest absolute Gasteiger partial charge is 0.494 e. The molecule has 0 amide bonds. The van der Waals surface area contributed by atoms with Gasteiger partial charge in [0.25, 0.3) is 0 Å². The minimum Gasteiger partial charge on any atom is -0.494 e. The fourth-order valence-corrected chi connectivity index (χ4v) is 4.28. The van der Waals surface area contributed by atoms with Crippen LogP contribution in [-0.4, -0.2) is 30.9 Å². The summed E-state index contributed by atoms with van der Waals surface area (Å²) in [5.74, 6) is 1.62. The summed E-state index contributed by atoms with van der Waals surface area (Å²) >= 11 is 0. The standard InChI is InChI=1S/C24H31N3O3/c1-4-24(14-15-25-30-19-10-8-18(9-11-19)29-5-2)23-7-6-16-27(23)22-13-12-20(28-3)17-21(22)26-24/h6-11,13,16-17,20,25-26H,4-5,12,14-15H2,1-3H3. The molecular weight excluding hydrogens is 378 g/mol. The van der Waals surface area contributed by atoms with Crippen LogP contribution in [0, 0.1) is 0 Å². The Morgan fingerprint density at radius 3 is 2.70 bits per heavy atom. The average Bonchev–Trinajstić information content (AvgIpc) is 3.28. The van der Waals surface area contributed by atoms with Crippen molar-refractivity contribution in [2.45, 2.75) is 44.8 Å². The number of methoxy groups -OCH3 is 1. The molecule has 4 rings (SSSR count). The fourth-order valence-electron chi connectivity index (χ4n) is 4.28. The molecule has 2 unspecified atom stereocenters. The lowest BCUT2D eigenvalue weighted by molar-refractivity contribution is 0.139. The zero-order valence-electron chi connectivity index (χ0n) is 18.0. The minimum atomic E-state index is -0.169. The first-order chi connectivity index (χ1) is 14.7. The Balaban J connectivity index is 1.44. The van der Waals surface area contributed by atoms with Gasteiger partial charge in [0.2, 0.25) is 0 Å². The van der Waals surface area contributed by atoms with E-state index in [1.807, 2.05) is 31.2 Å². The molecule has 0 spiro atoms. The molecule has 0 saturated carbocycles. The highest BCUT2D eigenvalue weighted by molar-refractivity contribution is 5.69. The maximum Gasteiger partial charge on any atom is 0.147 e. The molecule has 1 aliphatic heterocycles. The first-order valence-corrected chi connectivity index (χ1v) is 10.7. The summed E-state index contributed by atoms with van der Waals surface area (Å²) in [6.07, 6.45) is 9.46. The lowest BCUT2D eigenvalue weighted by atomic mass is 9.84. The first kappa shape index (κ1) is 20.6. The molecule has 0 fully saturated rings. The lowest BCUT2D eigenvalue weighted by Gasteiger charge is -2.43. The zero-order valence-corrected chi connectivity index (χ0v) is 18.0. The monoisotopic (exact) mass is 409 g/mol. The Bertz CT molecular complexity index is 916. The van der Waals surface area contributed by atoms with E-state index >= 15 is 0 Å². The second kappa shape index (κ2) is 8.98. The number of benzene rings is 1. The lowest BCUT2D eigenvalue weighted by Crippen LogP contribution is -2.49. The molecule has 2 N–H and O–H groups in total. The molecular formula is C24H31N3O3. The SMILES string of the molecule is CCOc1ccc(ONCCC2(CC)NC3=CC(OC)CC=C3n3cccc32)cc1. The van der Waals surface area contributed by atoms with Crippen molar-refractivity contribution in [3.05, 3.63) is 66.1 Å². The van der Waals surface area contributed by atoms with Gasteiger partial charge >= 0.3 is 0 Å². The van der Waals surface area contributed by atoms with Crippen molar-refractivity contribution in [1.82, 2.24) is 15.4 Å². The highest BCUT2D eigenvalue weighted by atomic mass is 16.6. The van der Waals surface area contributed by atoms with Gasteiger partial charge in [0.1, 0.15) is 11.5 Å². The molecule has 0 bridgehead atoms. The molecule has 1 aromatic carbocycles. The third-order valence-corrected chi connectivity index (χ3v) is 5.93. The Labute approximate surface area is 178 Å². The minimum absolute atomic E-state index is 0.115. The predicted molar refractivity (Wildman–Crippen MR) is 118 cm³/mol. The molecule has 6 heteroatoms. The second-order valence-corrected chi connectivity index (χ2v) is 7.65. The number of hydrogen-bond acceptors (Lipinski definition) is 5. The van der Waals surface area contributed by atoms with Gasteiger partial charge in [-0.15, -0.1) is 0 Å². The number of fused-ring (bicyclic) bond motifs is 3. The predicted octanol–water partition coefficient (Wildman–Crippen LogP) is 4.21. The van der Waals surface area contributed by atoms with Gasteiger partial charge in [0, 0.05) is 25.5 Å². The number of aromatic nitrogens is 1. The fraction of sp³-hybridized carbons (Fsp3) is 0.417. The third-order valence-electron chi connectivity index (χ3n) is 5.93. The van der Waals surface area contributed by atoms with Gasteiger partial charge in [0.15, 0.2) is 0 Å². The quantitative estimate of drug-likeness (QED) is 0.480. The number of rotatable bonds is 9. The summed E-state index contributed by atoms with van der Waals surface area (Å²) in [6.45, 7) is 5.57. The number of nitrogens with zero attached hydrogens (tertiary/aromatic N) is 1. The molecule has 2 aromatic rings. The Morgan fingerprint density at radius 1 is 1.17 bits per heavy atom. The van der Waals surface area contributed by atoms with Crippen LogP contribution < -0.4 is 20.4 Å². The molecule has 0 radical (unpaired) electrons. The van der Waals surface area contributed by atoms with E-state index in [-0.39, 0.29) is 11.6 Å². The van der Waals surface area contributed by atoms with E-state index in [0.29, 0.717) is 13.2 Å². The smallest absolute Gasteiger partial charge is 0.147 e. The van der Waals surface area contributed by atoms with Crippen molar-refractivity contribution >= 4 is 5.70 Å². The normalized spacial score (nSPS) is 22.3. The molecule has 2 aliphatic rings. The summed E-state index contributed by atoms with van der Waals surface area (Å²) in [6, 6.07) is 12.0. The molecule has 160 valence electrons. The van der Waals surface area contributed by atoms with Crippen LogP contribution in [0.2, 0.25) is 0 Å². The molecule has 0 saturated heterocycles. The van der Waals surface area contributed by atoms with Crippen LogP contribution in [0.4, 0.5) is 0 Å². The summed E-state index contributed by atoms with van der Waals surface area (Å²) < 4.78 is 13.4. The third kappa shape index (κ3) is 3.98. The Kier molecular flexibility index (Phi) is 6.16. The number of ether oxygens (including phenoxy) is 2. The summed E-state index contributed by atoms with van der Waals surface area (Å²) in [5.41, 5.74) is 6.60. The van der Waals surface area contributed by atoms with Crippen LogP contribution in [0.15, 0.2) is 60.4 Å². The van der Waals surface area contributed by atoms with Gasteiger partial charge in [-0.05, 0) is 68.7 Å². The Morgan fingerprint density at radius 2 is 1.97 bits per heavy atom. The first-order valence-electron chi connectivity index (χ1n) is 10.7. The number of allylic oxidation sites excluding steroid dienone is 1. The average molecular weight is 410 g/mol. The van der Waals surface area contributed by atoms with Gasteiger partial charge in [-0.2, -0.15) is 5.48 Å². The maximum atomic E-state index is 5.74. The van der Waals surface area contributed by atoms with Crippen molar-refractivity contribution in [2.24, 2.45) is 0 Å². The summed E-state index contributed by atoms with van der Waals surface area (Å²) in [4.78, 5) is 5.74. The second-order valence-electron chi connectivity index (χ2n) is 7.65. The zero-order chi connectivity index (χ0) is 21.0. The van der Waals surface area contributed by atoms with Gasteiger partial charge in [-0.3, -0.25) is 0 Å². The van der Waals surface area contributed by atoms with E-state index < -0.39 is 0 Å². The van der Waals surface area contributed by atoms with Crippen LogP contribution in [0.5, 0.6) is 11.5 Å². The number of hydrogen-bond donors (Lipinski definition) is 2. The van der Waals surface area contributed by atoms with Crippen molar-refractivity contribution in [3.8, 4) is 11.5 Å². The van der Waals surface area contributed by atoms with E-state index in [1.165, 1.54) is 11.4 Å². The van der Waals surface area contributed by atoms with Crippen LogP contribution in [0.3, 0.4) is 0 Å². The van der Waals surface area contributed by atoms with Gasteiger partial charge in [-0.1, -0.05) is 13.0 Å². The van der Waals surface area contributed by atoms with E-state index in [1.54, 1.807) is 7.11 Å². The highest BCUT2D eigenvalue weighted by Gasteiger charge is 2.39. The van der Waals surface area contributed by atoms with E-state index in [0.717, 1.165) is 36.5 Å². The van der Waals surface area contributed by atoms with E-state index in [9.17, 15) is 0 Å². The molecule has 2 heterocycles. The molecule has 1 aliphatic carbocycles. The van der Waals surface area contributed by atoms with Crippen LogP contribution in [-0.2, 0) is 10.3 Å². The molecule has 2 atom stereocenters. The van der Waals surface area contributed by atoms with Gasteiger partial charge < -0.3 is 24.2 Å². The van der Waals surface area contributed by atoms with E-state index in [2.05, 4.69) is 52.8 Å². The van der Waals surface area contributed by atoms with Crippen LogP contribution in [0.1, 0.15) is 38.8 Å². The van der Waals surface area contributed by atoms with Crippen molar-refractivity contribution < 1.29 is 14.3 Å².